The zero-order valence-corrected chi connectivity index (χ0v) is 13.6. The molecule has 0 aliphatic carbocycles. The highest BCUT2D eigenvalue weighted by atomic mass is 16.7. The average Bonchev–Trinajstić information content (AvgIpc) is 3.09. The fraction of sp³-hybridized carbons (Fsp3) is 0.176. The third-order valence-electron chi connectivity index (χ3n) is 3.61. The van der Waals surface area contributed by atoms with E-state index in [4.69, 9.17) is 14.2 Å². The van der Waals surface area contributed by atoms with E-state index in [9.17, 15) is 19.7 Å². The van der Waals surface area contributed by atoms with E-state index >= 15 is 0 Å². The number of hydrogen-bond acceptors (Lipinski definition) is 7. The monoisotopic (exact) mass is 358 g/mol. The van der Waals surface area contributed by atoms with Crippen LogP contribution >= 0.6 is 0 Å². The zero-order valence-electron chi connectivity index (χ0n) is 13.6. The molecule has 0 saturated carbocycles. The van der Waals surface area contributed by atoms with Gasteiger partial charge in [0.1, 0.15) is 5.56 Å². The summed E-state index contributed by atoms with van der Waals surface area (Å²) in [5.74, 6) is -0.479. The van der Waals surface area contributed by atoms with Gasteiger partial charge in [-0.05, 0) is 25.1 Å². The standard InChI is InChI=1S/C17H14N2O7/c1-10(26-17(21)12-4-2-3-5-13(12)19(22)23)16(20)18-11-6-7-14-15(8-11)25-9-24-14/h2-8,10H,9H2,1H3,(H,18,20)/t10-/m0/s1. The Kier molecular flexibility index (Phi) is 4.70. The van der Waals surface area contributed by atoms with E-state index in [1.54, 1.807) is 18.2 Å². The molecule has 0 bridgehead atoms. The summed E-state index contributed by atoms with van der Waals surface area (Å²) in [6.07, 6.45) is -1.16. The third kappa shape index (κ3) is 3.56. The molecular weight excluding hydrogens is 344 g/mol. The normalized spacial score (nSPS) is 13.0. The highest BCUT2D eigenvalue weighted by Gasteiger charge is 2.25. The number of ether oxygens (including phenoxy) is 3. The summed E-state index contributed by atoms with van der Waals surface area (Å²) in [5.41, 5.74) is -0.172. The molecule has 0 unspecified atom stereocenters. The number of para-hydroxylation sites is 1. The Bertz CT molecular complexity index is 881. The topological polar surface area (TPSA) is 117 Å². The van der Waals surface area contributed by atoms with Crippen molar-refractivity contribution in [2.75, 3.05) is 12.1 Å². The van der Waals surface area contributed by atoms with Gasteiger partial charge in [-0.3, -0.25) is 14.9 Å². The molecule has 0 fully saturated rings. The summed E-state index contributed by atoms with van der Waals surface area (Å²) in [5, 5.41) is 13.6. The number of nitro benzene ring substituents is 1. The minimum atomic E-state index is -1.16. The lowest BCUT2D eigenvalue weighted by molar-refractivity contribution is -0.385. The predicted molar refractivity (Wildman–Crippen MR) is 89.2 cm³/mol. The van der Waals surface area contributed by atoms with Gasteiger partial charge in [0.05, 0.1) is 4.92 Å². The highest BCUT2D eigenvalue weighted by Crippen LogP contribution is 2.34. The molecule has 0 aromatic heterocycles. The van der Waals surface area contributed by atoms with Crippen molar-refractivity contribution in [1.29, 1.82) is 0 Å². The van der Waals surface area contributed by atoms with E-state index in [1.807, 2.05) is 0 Å². The van der Waals surface area contributed by atoms with Crippen LogP contribution in [0.5, 0.6) is 11.5 Å². The Labute approximate surface area is 147 Å². The largest absolute Gasteiger partial charge is 0.454 e. The molecule has 1 atom stereocenters. The van der Waals surface area contributed by atoms with Crippen LogP contribution in [0.15, 0.2) is 42.5 Å². The zero-order chi connectivity index (χ0) is 18.7. The second-order valence-electron chi connectivity index (χ2n) is 5.38. The lowest BCUT2D eigenvalue weighted by Crippen LogP contribution is -2.30. The van der Waals surface area contributed by atoms with Crippen LogP contribution in [0.3, 0.4) is 0 Å². The minimum absolute atomic E-state index is 0.108. The quantitative estimate of drug-likeness (QED) is 0.496. The molecular formula is C17H14N2O7. The predicted octanol–water partition coefficient (Wildman–Crippen LogP) is 2.51. The molecule has 2 aromatic carbocycles. The van der Waals surface area contributed by atoms with Crippen LogP contribution in [0.25, 0.3) is 0 Å². The Hall–Kier alpha value is -3.62. The summed E-state index contributed by atoms with van der Waals surface area (Å²) in [6, 6.07) is 10.2. The number of carbonyl (C=O) groups is 2. The van der Waals surface area contributed by atoms with E-state index < -0.39 is 22.9 Å². The number of nitrogens with zero attached hydrogens (tertiary/aromatic N) is 1. The van der Waals surface area contributed by atoms with Crippen molar-refractivity contribution in [2.45, 2.75) is 13.0 Å². The lowest BCUT2D eigenvalue weighted by Gasteiger charge is -2.14. The van der Waals surface area contributed by atoms with Gasteiger partial charge in [0.15, 0.2) is 17.6 Å². The molecule has 9 heteroatoms. The van der Waals surface area contributed by atoms with Crippen LogP contribution in [0.2, 0.25) is 0 Å². The number of fused-ring (bicyclic) bond motifs is 1. The van der Waals surface area contributed by atoms with Crippen molar-refractivity contribution >= 4 is 23.3 Å². The SMILES string of the molecule is C[C@H](OC(=O)c1ccccc1[N+](=O)[O-])C(=O)Nc1ccc2c(c1)OCO2. The number of nitrogens with one attached hydrogen (secondary N) is 1. The summed E-state index contributed by atoms with van der Waals surface area (Å²) in [6.45, 7) is 1.48. The Morgan fingerprint density at radius 1 is 1.19 bits per heavy atom. The molecule has 0 saturated heterocycles. The van der Waals surface area contributed by atoms with E-state index in [2.05, 4.69) is 5.32 Å². The molecule has 1 aliphatic heterocycles. The van der Waals surface area contributed by atoms with Gasteiger partial charge in [-0.25, -0.2) is 4.79 Å². The van der Waals surface area contributed by atoms with Crippen LogP contribution < -0.4 is 14.8 Å². The number of hydrogen-bond donors (Lipinski definition) is 1. The van der Waals surface area contributed by atoms with Gasteiger partial charge >= 0.3 is 5.97 Å². The first-order valence-electron chi connectivity index (χ1n) is 7.60. The van der Waals surface area contributed by atoms with Crippen molar-refractivity contribution in [3.63, 3.8) is 0 Å². The van der Waals surface area contributed by atoms with E-state index in [0.717, 1.165) is 0 Å². The molecule has 2 aromatic rings. The second-order valence-corrected chi connectivity index (χ2v) is 5.38. The first-order chi connectivity index (χ1) is 12.5. The molecule has 0 spiro atoms. The number of carbonyl (C=O) groups excluding carboxylic acids is 2. The maximum atomic E-state index is 12.2. The maximum absolute atomic E-state index is 12.2. The minimum Gasteiger partial charge on any atom is -0.454 e. The summed E-state index contributed by atoms with van der Waals surface area (Å²) >= 11 is 0. The van der Waals surface area contributed by atoms with E-state index in [-0.39, 0.29) is 18.0 Å². The molecule has 3 rings (SSSR count). The fourth-order valence-corrected chi connectivity index (χ4v) is 2.30. The average molecular weight is 358 g/mol. The van der Waals surface area contributed by atoms with Crippen molar-refractivity contribution < 1.29 is 28.7 Å². The molecule has 1 N–H and O–H groups in total. The number of rotatable bonds is 5. The van der Waals surface area contributed by atoms with Crippen LogP contribution in [0, 0.1) is 10.1 Å². The fourth-order valence-electron chi connectivity index (χ4n) is 2.30. The molecule has 134 valence electrons. The first kappa shape index (κ1) is 17.2. The molecule has 0 radical (unpaired) electrons. The van der Waals surface area contributed by atoms with Crippen LogP contribution in [-0.4, -0.2) is 29.7 Å². The first-order valence-corrected chi connectivity index (χ1v) is 7.60. The number of amides is 1. The Morgan fingerprint density at radius 3 is 2.69 bits per heavy atom. The summed E-state index contributed by atoms with van der Waals surface area (Å²) in [4.78, 5) is 34.6. The van der Waals surface area contributed by atoms with Gasteiger partial charge in [0.2, 0.25) is 6.79 Å². The van der Waals surface area contributed by atoms with Crippen molar-refractivity contribution in [1.82, 2.24) is 0 Å². The highest BCUT2D eigenvalue weighted by molar-refractivity contribution is 5.99. The number of anilines is 1. The van der Waals surface area contributed by atoms with Crippen molar-refractivity contribution in [2.24, 2.45) is 0 Å². The van der Waals surface area contributed by atoms with E-state index in [0.29, 0.717) is 17.2 Å². The van der Waals surface area contributed by atoms with Gasteiger partial charge in [-0.2, -0.15) is 0 Å². The Balaban J connectivity index is 1.66. The Morgan fingerprint density at radius 2 is 1.92 bits per heavy atom. The molecule has 1 heterocycles. The summed E-state index contributed by atoms with van der Waals surface area (Å²) in [7, 11) is 0. The van der Waals surface area contributed by atoms with Crippen molar-refractivity contribution in [3.05, 3.63) is 58.1 Å². The van der Waals surface area contributed by atoms with Crippen molar-refractivity contribution in [3.8, 4) is 11.5 Å². The number of benzene rings is 2. The van der Waals surface area contributed by atoms with Gasteiger partial charge in [0.25, 0.3) is 11.6 Å². The maximum Gasteiger partial charge on any atom is 0.345 e. The van der Waals surface area contributed by atoms with Crippen LogP contribution in [0.4, 0.5) is 11.4 Å². The van der Waals surface area contributed by atoms with Gasteiger partial charge in [-0.1, -0.05) is 12.1 Å². The lowest BCUT2D eigenvalue weighted by atomic mass is 10.2. The van der Waals surface area contributed by atoms with Gasteiger partial charge in [-0.15, -0.1) is 0 Å². The molecule has 9 nitrogen and oxygen atoms in total. The summed E-state index contributed by atoms with van der Waals surface area (Å²) < 4.78 is 15.4. The van der Waals surface area contributed by atoms with E-state index in [1.165, 1.54) is 31.2 Å². The third-order valence-corrected chi connectivity index (χ3v) is 3.61. The van der Waals surface area contributed by atoms with Gasteiger partial charge < -0.3 is 19.5 Å². The molecule has 1 amide bonds. The smallest absolute Gasteiger partial charge is 0.345 e. The number of nitro groups is 1. The number of esters is 1. The van der Waals surface area contributed by atoms with Gasteiger partial charge in [0, 0.05) is 17.8 Å². The molecule has 1 aliphatic rings. The van der Waals surface area contributed by atoms with Crippen LogP contribution in [0.1, 0.15) is 17.3 Å². The molecule has 26 heavy (non-hydrogen) atoms. The second kappa shape index (κ2) is 7.09. The van der Waals surface area contributed by atoms with Crippen LogP contribution in [-0.2, 0) is 9.53 Å².